The molecule has 9 heteroatoms. The third-order valence-corrected chi connectivity index (χ3v) is 6.53. The first-order valence-corrected chi connectivity index (χ1v) is 12.1. The fourth-order valence-electron chi connectivity index (χ4n) is 3.75. The maximum absolute atomic E-state index is 12.4. The Hall–Kier alpha value is -2.97. The van der Waals surface area contributed by atoms with Gasteiger partial charge in [-0.25, -0.2) is 9.97 Å². The molecular formula is C24H25ClN4O3S. The van der Waals surface area contributed by atoms with Crippen LogP contribution in [-0.4, -0.2) is 34.4 Å². The Morgan fingerprint density at radius 3 is 2.97 bits per heavy atom. The minimum absolute atomic E-state index is 0.0145. The number of nitrogens with one attached hydrogen (secondary N) is 2. The molecule has 0 saturated carbocycles. The van der Waals surface area contributed by atoms with Crippen LogP contribution in [0.2, 0.25) is 5.02 Å². The van der Waals surface area contributed by atoms with Gasteiger partial charge in [0, 0.05) is 29.4 Å². The number of thiophene rings is 1. The Balaban J connectivity index is 1.21. The molecule has 2 heterocycles. The SMILES string of the molecule is Cc1cc(Cl)ccc1OCCCC(=O)NC1CCc2nc(NC(=O)c3cccs3)ncc2C1. The lowest BCUT2D eigenvalue weighted by Crippen LogP contribution is -2.39. The molecule has 172 valence electrons. The third kappa shape index (κ3) is 6.30. The summed E-state index contributed by atoms with van der Waals surface area (Å²) in [5.41, 5.74) is 2.90. The number of nitrogens with zero attached hydrogens (tertiary/aromatic N) is 2. The molecule has 3 aromatic rings. The van der Waals surface area contributed by atoms with Gasteiger partial charge in [-0.15, -0.1) is 11.3 Å². The highest BCUT2D eigenvalue weighted by atomic mass is 35.5. The number of carbonyl (C=O) groups excluding carboxylic acids is 2. The maximum Gasteiger partial charge on any atom is 0.268 e. The molecule has 1 aliphatic rings. The van der Waals surface area contributed by atoms with Gasteiger partial charge in [0.25, 0.3) is 5.91 Å². The van der Waals surface area contributed by atoms with Gasteiger partial charge < -0.3 is 10.1 Å². The Morgan fingerprint density at radius 2 is 2.18 bits per heavy atom. The quantitative estimate of drug-likeness (QED) is 0.456. The summed E-state index contributed by atoms with van der Waals surface area (Å²) in [5, 5.41) is 8.38. The molecule has 2 amide bonds. The Kier molecular flexibility index (Phi) is 7.57. The molecule has 1 aromatic carbocycles. The first-order chi connectivity index (χ1) is 16.0. The number of fused-ring (bicyclic) bond motifs is 1. The van der Waals surface area contributed by atoms with Gasteiger partial charge in [-0.05, 0) is 73.4 Å². The molecule has 0 radical (unpaired) electrons. The van der Waals surface area contributed by atoms with Gasteiger partial charge in [-0.2, -0.15) is 0 Å². The monoisotopic (exact) mass is 484 g/mol. The molecule has 2 aromatic heterocycles. The molecule has 0 aliphatic heterocycles. The largest absolute Gasteiger partial charge is 0.493 e. The van der Waals surface area contributed by atoms with Crippen molar-refractivity contribution >= 4 is 40.7 Å². The lowest BCUT2D eigenvalue weighted by Gasteiger charge is -2.25. The van der Waals surface area contributed by atoms with Gasteiger partial charge in [0.2, 0.25) is 11.9 Å². The van der Waals surface area contributed by atoms with E-state index in [2.05, 4.69) is 20.6 Å². The summed E-state index contributed by atoms with van der Waals surface area (Å²) in [6, 6.07) is 9.14. The first-order valence-electron chi connectivity index (χ1n) is 10.9. The fourth-order valence-corrected chi connectivity index (χ4v) is 4.60. The van der Waals surface area contributed by atoms with Crippen molar-refractivity contribution in [3.63, 3.8) is 0 Å². The summed E-state index contributed by atoms with van der Waals surface area (Å²) in [7, 11) is 0. The Labute approximate surface area is 201 Å². The van der Waals surface area contributed by atoms with E-state index in [1.807, 2.05) is 30.5 Å². The van der Waals surface area contributed by atoms with Crippen molar-refractivity contribution in [2.45, 2.75) is 45.1 Å². The van der Waals surface area contributed by atoms with Gasteiger partial charge in [-0.1, -0.05) is 17.7 Å². The lowest BCUT2D eigenvalue weighted by molar-refractivity contribution is -0.122. The molecule has 1 aliphatic carbocycles. The Morgan fingerprint density at radius 1 is 1.30 bits per heavy atom. The van der Waals surface area contributed by atoms with E-state index >= 15 is 0 Å². The molecule has 1 unspecified atom stereocenters. The predicted molar refractivity (Wildman–Crippen MR) is 129 cm³/mol. The zero-order valence-electron chi connectivity index (χ0n) is 18.3. The smallest absolute Gasteiger partial charge is 0.268 e. The topological polar surface area (TPSA) is 93.2 Å². The number of carbonyl (C=O) groups is 2. The molecule has 0 fully saturated rings. The van der Waals surface area contributed by atoms with Crippen molar-refractivity contribution in [3.05, 3.63) is 68.6 Å². The van der Waals surface area contributed by atoms with E-state index in [1.165, 1.54) is 11.3 Å². The molecule has 7 nitrogen and oxygen atoms in total. The highest BCUT2D eigenvalue weighted by Gasteiger charge is 2.22. The molecule has 4 rings (SSSR count). The molecule has 0 saturated heterocycles. The number of rotatable bonds is 8. The average molecular weight is 485 g/mol. The van der Waals surface area contributed by atoms with Gasteiger partial charge >= 0.3 is 0 Å². The third-order valence-electron chi connectivity index (χ3n) is 5.43. The van der Waals surface area contributed by atoms with Crippen LogP contribution >= 0.6 is 22.9 Å². The van der Waals surface area contributed by atoms with E-state index in [0.29, 0.717) is 41.7 Å². The second-order valence-corrected chi connectivity index (χ2v) is 9.35. The van der Waals surface area contributed by atoms with Crippen molar-refractivity contribution in [3.8, 4) is 5.75 Å². The number of anilines is 1. The molecule has 0 spiro atoms. The zero-order valence-corrected chi connectivity index (χ0v) is 19.8. The number of aromatic nitrogens is 2. The van der Waals surface area contributed by atoms with E-state index in [4.69, 9.17) is 16.3 Å². The zero-order chi connectivity index (χ0) is 23.2. The van der Waals surface area contributed by atoms with Crippen LogP contribution in [0.1, 0.15) is 45.8 Å². The number of hydrogen-bond donors (Lipinski definition) is 2. The summed E-state index contributed by atoms with van der Waals surface area (Å²) in [5.74, 6) is 0.905. The molecule has 2 N–H and O–H groups in total. The first kappa shape index (κ1) is 23.2. The van der Waals surface area contributed by atoms with Crippen LogP contribution in [0.4, 0.5) is 5.95 Å². The highest BCUT2D eigenvalue weighted by molar-refractivity contribution is 7.12. The molecule has 1 atom stereocenters. The minimum Gasteiger partial charge on any atom is -0.493 e. The molecular weight excluding hydrogens is 460 g/mol. The van der Waals surface area contributed by atoms with E-state index in [0.717, 1.165) is 35.4 Å². The summed E-state index contributed by atoms with van der Waals surface area (Å²) in [6.45, 7) is 2.41. The lowest BCUT2D eigenvalue weighted by atomic mass is 9.92. The standard InChI is InChI=1S/C24H25ClN4O3S/c1-15-12-17(25)6-9-20(15)32-10-2-5-22(30)27-18-7-8-19-16(13-18)14-26-24(28-19)29-23(31)21-4-3-11-33-21/h3-4,6,9,11-12,14,18H,2,5,7-8,10,13H2,1H3,(H,27,30)(H,26,28,29,31). The number of amides is 2. The number of ether oxygens (including phenoxy) is 1. The summed E-state index contributed by atoms with van der Waals surface area (Å²) >= 11 is 7.33. The van der Waals surface area contributed by atoms with Crippen molar-refractivity contribution < 1.29 is 14.3 Å². The van der Waals surface area contributed by atoms with Crippen LogP contribution < -0.4 is 15.4 Å². The molecule has 33 heavy (non-hydrogen) atoms. The Bertz CT molecular complexity index is 1140. The minimum atomic E-state index is -0.207. The second kappa shape index (κ2) is 10.8. The van der Waals surface area contributed by atoms with Crippen LogP contribution in [0, 0.1) is 6.92 Å². The summed E-state index contributed by atoms with van der Waals surface area (Å²) < 4.78 is 5.76. The van der Waals surface area contributed by atoms with Gasteiger partial charge in [0.05, 0.1) is 11.5 Å². The van der Waals surface area contributed by atoms with Crippen molar-refractivity contribution in [1.82, 2.24) is 15.3 Å². The van der Waals surface area contributed by atoms with Gasteiger partial charge in [-0.3, -0.25) is 14.9 Å². The predicted octanol–water partition coefficient (Wildman–Crippen LogP) is 4.58. The normalized spacial score (nSPS) is 14.9. The van der Waals surface area contributed by atoms with E-state index in [9.17, 15) is 9.59 Å². The van der Waals surface area contributed by atoms with Crippen molar-refractivity contribution in [2.75, 3.05) is 11.9 Å². The van der Waals surface area contributed by atoms with Crippen molar-refractivity contribution in [1.29, 1.82) is 0 Å². The number of benzene rings is 1. The fraction of sp³-hybridized carbons (Fsp3) is 0.333. The van der Waals surface area contributed by atoms with Crippen LogP contribution in [0.3, 0.4) is 0 Å². The summed E-state index contributed by atoms with van der Waals surface area (Å²) in [6.07, 6.45) is 4.99. The second-order valence-electron chi connectivity index (χ2n) is 7.97. The van der Waals surface area contributed by atoms with Gasteiger partial charge in [0.15, 0.2) is 0 Å². The van der Waals surface area contributed by atoms with Gasteiger partial charge in [0.1, 0.15) is 5.75 Å². The molecule has 0 bridgehead atoms. The maximum atomic E-state index is 12.4. The van der Waals surface area contributed by atoms with E-state index in [-0.39, 0.29) is 17.9 Å². The average Bonchev–Trinajstić information content (AvgIpc) is 3.33. The van der Waals surface area contributed by atoms with Crippen LogP contribution in [-0.2, 0) is 17.6 Å². The van der Waals surface area contributed by atoms with E-state index in [1.54, 1.807) is 18.3 Å². The van der Waals surface area contributed by atoms with E-state index < -0.39 is 0 Å². The number of halogens is 1. The van der Waals surface area contributed by atoms with Crippen molar-refractivity contribution in [2.24, 2.45) is 0 Å². The van der Waals surface area contributed by atoms with Crippen LogP contribution in [0.5, 0.6) is 5.75 Å². The summed E-state index contributed by atoms with van der Waals surface area (Å²) in [4.78, 5) is 34.0. The highest BCUT2D eigenvalue weighted by Crippen LogP contribution is 2.23. The van der Waals surface area contributed by atoms with Crippen LogP contribution in [0.25, 0.3) is 0 Å². The van der Waals surface area contributed by atoms with Crippen LogP contribution in [0.15, 0.2) is 41.9 Å². The number of aryl methyl sites for hydroxylation is 2. The number of hydrogen-bond acceptors (Lipinski definition) is 6.